The van der Waals surface area contributed by atoms with Gasteiger partial charge in [-0.3, -0.25) is 9.59 Å². The summed E-state index contributed by atoms with van der Waals surface area (Å²) in [5.41, 5.74) is 2.77. The molecule has 0 aliphatic heterocycles. The van der Waals surface area contributed by atoms with Gasteiger partial charge in [0.15, 0.2) is 0 Å². The van der Waals surface area contributed by atoms with E-state index in [0.717, 1.165) is 21.3 Å². The highest BCUT2D eigenvalue weighted by atomic mass is 79.9. The molecule has 2 aromatic rings. The molecule has 0 aromatic heterocycles. The van der Waals surface area contributed by atoms with Crippen LogP contribution < -0.4 is 10.6 Å². The fraction of sp³-hybridized carbons (Fsp3) is 0.222. The number of halogens is 1. The number of amides is 2. The number of hydrogen-bond donors (Lipinski definition) is 2. The quantitative estimate of drug-likeness (QED) is 0.813. The van der Waals surface area contributed by atoms with Crippen molar-refractivity contribution in [2.45, 2.75) is 19.8 Å². The number of aryl methyl sites for hydroxylation is 1. The molecule has 0 saturated carbocycles. The molecule has 0 radical (unpaired) electrons. The molecule has 5 heteroatoms. The third-order valence-electron chi connectivity index (χ3n) is 3.32. The van der Waals surface area contributed by atoms with Gasteiger partial charge >= 0.3 is 0 Å². The Balaban J connectivity index is 1.72. The van der Waals surface area contributed by atoms with Gasteiger partial charge in [-0.15, -0.1) is 0 Å². The molecule has 2 N–H and O–H groups in total. The summed E-state index contributed by atoms with van der Waals surface area (Å²) in [4.78, 5) is 23.7. The van der Waals surface area contributed by atoms with E-state index in [9.17, 15) is 9.59 Å². The lowest BCUT2D eigenvalue weighted by molar-refractivity contribution is -0.120. The lowest BCUT2D eigenvalue weighted by Gasteiger charge is -2.08. The van der Waals surface area contributed by atoms with Crippen molar-refractivity contribution in [3.63, 3.8) is 0 Å². The van der Waals surface area contributed by atoms with Gasteiger partial charge in [0.2, 0.25) is 11.8 Å². The average Bonchev–Trinajstić information content (AvgIpc) is 2.52. The van der Waals surface area contributed by atoms with Crippen LogP contribution in [0.2, 0.25) is 0 Å². The summed E-state index contributed by atoms with van der Waals surface area (Å²) in [6, 6.07) is 15.2. The Kier molecular flexibility index (Phi) is 6.35. The fourth-order valence-corrected chi connectivity index (χ4v) is 2.35. The van der Waals surface area contributed by atoms with Gasteiger partial charge in [-0.2, -0.15) is 0 Å². The van der Waals surface area contributed by atoms with Crippen LogP contribution in [0.4, 0.5) is 5.69 Å². The normalized spacial score (nSPS) is 10.2. The maximum absolute atomic E-state index is 11.9. The minimum atomic E-state index is -0.119. The number of carbonyl (C=O) groups excluding carboxylic acids is 2. The first kappa shape index (κ1) is 17.2. The van der Waals surface area contributed by atoms with Crippen molar-refractivity contribution >= 4 is 33.4 Å². The first-order valence-electron chi connectivity index (χ1n) is 7.41. The fourth-order valence-electron chi connectivity index (χ4n) is 2.11. The summed E-state index contributed by atoms with van der Waals surface area (Å²) in [7, 11) is 0. The Morgan fingerprint density at radius 1 is 1.04 bits per heavy atom. The zero-order chi connectivity index (χ0) is 16.7. The summed E-state index contributed by atoms with van der Waals surface area (Å²) in [6.07, 6.45) is 0.573. The highest BCUT2D eigenvalue weighted by Crippen LogP contribution is 2.19. The first-order valence-corrected chi connectivity index (χ1v) is 8.20. The minimum Gasteiger partial charge on any atom is -0.355 e. The van der Waals surface area contributed by atoms with Gasteiger partial charge in [-0.05, 0) is 36.2 Å². The van der Waals surface area contributed by atoms with E-state index in [0.29, 0.717) is 13.0 Å². The standard InChI is InChI=1S/C18H19BrN2O2/c1-13-11-15(7-8-16(13)19)21-17(22)9-10-20-18(23)12-14-5-3-2-4-6-14/h2-8,11H,9-10,12H2,1H3,(H,20,23)(H,21,22). The number of carbonyl (C=O) groups is 2. The van der Waals surface area contributed by atoms with Gasteiger partial charge in [-0.1, -0.05) is 46.3 Å². The van der Waals surface area contributed by atoms with Crippen molar-refractivity contribution in [1.29, 1.82) is 0 Å². The molecule has 2 rings (SSSR count). The van der Waals surface area contributed by atoms with E-state index in [1.165, 1.54) is 0 Å². The van der Waals surface area contributed by atoms with Crippen LogP contribution in [0.25, 0.3) is 0 Å². The summed E-state index contributed by atoms with van der Waals surface area (Å²) in [5.74, 6) is -0.199. The molecule has 2 amide bonds. The van der Waals surface area contributed by atoms with Gasteiger partial charge < -0.3 is 10.6 Å². The molecular weight excluding hydrogens is 356 g/mol. The van der Waals surface area contributed by atoms with Crippen molar-refractivity contribution in [1.82, 2.24) is 5.32 Å². The molecule has 2 aromatic carbocycles. The van der Waals surface area contributed by atoms with Crippen molar-refractivity contribution < 1.29 is 9.59 Å². The topological polar surface area (TPSA) is 58.2 Å². The maximum Gasteiger partial charge on any atom is 0.226 e. The van der Waals surface area contributed by atoms with Gasteiger partial charge in [0.1, 0.15) is 0 Å². The number of rotatable bonds is 6. The zero-order valence-electron chi connectivity index (χ0n) is 12.9. The van der Waals surface area contributed by atoms with Crippen LogP contribution in [-0.4, -0.2) is 18.4 Å². The van der Waals surface area contributed by atoms with Crippen molar-refractivity contribution in [3.05, 3.63) is 64.1 Å². The van der Waals surface area contributed by atoms with E-state index >= 15 is 0 Å². The largest absolute Gasteiger partial charge is 0.355 e. The summed E-state index contributed by atoms with van der Waals surface area (Å²) >= 11 is 3.42. The molecule has 4 nitrogen and oxygen atoms in total. The van der Waals surface area contributed by atoms with Crippen molar-refractivity contribution in [2.24, 2.45) is 0 Å². The highest BCUT2D eigenvalue weighted by Gasteiger charge is 2.06. The second-order valence-electron chi connectivity index (χ2n) is 5.27. The first-order chi connectivity index (χ1) is 11.0. The maximum atomic E-state index is 11.9. The molecular formula is C18H19BrN2O2. The summed E-state index contributed by atoms with van der Waals surface area (Å²) in [6.45, 7) is 2.29. The van der Waals surface area contributed by atoms with E-state index in [-0.39, 0.29) is 18.2 Å². The van der Waals surface area contributed by atoms with Crippen LogP contribution in [0.3, 0.4) is 0 Å². The minimum absolute atomic E-state index is 0.0801. The van der Waals surface area contributed by atoms with Crippen molar-refractivity contribution in [2.75, 3.05) is 11.9 Å². The Labute approximate surface area is 144 Å². The number of hydrogen-bond acceptors (Lipinski definition) is 2. The van der Waals surface area contributed by atoms with Gasteiger partial charge in [0.05, 0.1) is 6.42 Å². The average molecular weight is 375 g/mol. The SMILES string of the molecule is Cc1cc(NC(=O)CCNC(=O)Cc2ccccc2)ccc1Br. The van der Waals surface area contributed by atoms with Gasteiger partial charge in [0, 0.05) is 23.1 Å². The van der Waals surface area contributed by atoms with E-state index in [2.05, 4.69) is 26.6 Å². The Morgan fingerprint density at radius 3 is 2.48 bits per heavy atom. The van der Waals surface area contributed by atoms with Crippen molar-refractivity contribution in [3.8, 4) is 0 Å². The second kappa shape index (κ2) is 8.48. The number of nitrogens with one attached hydrogen (secondary N) is 2. The lowest BCUT2D eigenvalue weighted by atomic mass is 10.1. The van der Waals surface area contributed by atoms with Crippen LogP contribution in [0.1, 0.15) is 17.5 Å². The molecule has 0 aliphatic carbocycles. The highest BCUT2D eigenvalue weighted by molar-refractivity contribution is 9.10. The zero-order valence-corrected chi connectivity index (χ0v) is 14.5. The molecule has 0 unspecified atom stereocenters. The Bertz CT molecular complexity index is 687. The van der Waals surface area contributed by atoms with Gasteiger partial charge in [0.25, 0.3) is 0 Å². The number of benzene rings is 2. The third kappa shape index (κ3) is 5.87. The van der Waals surface area contributed by atoms with Gasteiger partial charge in [-0.25, -0.2) is 0 Å². The predicted molar refractivity (Wildman–Crippen MR) is 95.3 cm³/mol. The smallest absolute Gasteiger partial charge is 0.226 e. The molecule has 0 saturated heterocycles. The molecule has 0 bridgehead atoms. The molecule has 0 fully saturated rings. The van der Waals surface area contributed by atoms with E-state index in [1.54, 1.807) is 0 Å². The molecule has 0 heterocycles. The van der Waals surface area contributed by atoms with E-state index in [1.807, 2.05) is 55.5 Å². The molecule has 23 heavy (non-hydrogen) atoms. The molecule has 0 aliphatic rings. The predicted octanol–water partition coefficient (Wildman–Crippen LogP) is 3.45. The monoisotopic (exact) mass is 374 g/mol. The number of anilines is 1. The summed E-state index contributed by atoms with van der Waals surface area (Å²) < 4.78 is 1.00. The molecule has 0 atom stereocenters. The van der Waals surface area contributed by atoms with Crippen LogP contribution in [0, 0.1) is 6.92 Å². The van der Waals surface area contributed by atoms with Crippen LogP contribution in [0.15, 0.2) is 53.0 Å². The van der Waals surface area contributed by atoms with Crippen LogP contribution in [0.5, 0.6) is 0 Å². The summed E-state index contributed by atoms with van der Waals surface area (Å²) in [5, 5.41) is 5.58. The second-order valence-corrected chi connectivity index (χ2v) is 6.13. The molecule has 0 spiro atoms. The van der Waals surface area contributed by atoms with Crippen LogP contribution >= 0.6 is 15.9 Å². The van der Waals surface area contributed by atoms with E-state index < -0.39 is 0 Å². The van der Waals surface area contributed by atoms with E-state index in [4.69, 9.17) is 0 Å². The lowest BCUT2D eigenvalue weighted by Crippen LogP contribution is -2.28. The molecule has 120 valence electrons. The van der Waals surface area contributed by atoms with Crippen LogP contribution in [-0.2, 0) is 16.0 Å². The third-order valence-corrected chi connectivity index (χ3v) is 4.21. The Morgan fingerprint density at radius 2 is 1.78 bits per heavy atom. The Hall–Kier alpha value is -2.14.